The van der Waals surface area contributed by atoms with Crippen LogP contribution in [0.15, 0.2) is 47.6 Å². The van der Waals surface area contributed by atoms with Gasteiger partial charge in [-0.15, -0.1) is 13.2 Å². The average molecular weight is 394 g/mol. The Balaban J connectivity index is 2.12. The first kappa shape index (κ1) is 20.2. The van der Waals surface area contributed by atoms with E-state index in [1.807, 2.05) is 5.43 Å². The highest BCUT2D eigenvalue weighted by atomic mass is 19.4. The summed E-state index contributed by atoms with van der Waals surface area (Å²) in [7, 11) is 0. The molecule has 1 N–H and O–H groups in total. The molecule has 0 atom stereocenters. The molecule has 0 aliphatic carbocycles. The van der Waals surface area contributed by atoms with E-state index in [2.05, 4.69) is 9.84 Å². The van der Waals surface area contributed by atoms with Crippen LogP contribution in [0, 0.1) is 5.82 Å². The standard InChI is InChI=1S/C16H9F7N2O2/c17-12-7-10(15(18,19)20)6-5-9(12)8-24-25-14(26)11-3-1-2-4-13(11)27-16(21,22)23/h1-8H,(H,25,26)/b24-8+. The molecule has 0 radical (unpaired) electrons. The third-order valence-electron chi connectivity index (χ3n) is 3.05. The fraction of sp³-hybridized carbons (Fsp3) is 0.125. The Morgan fingerprint density at radius 1 is 1.04 bits per heavy atom. The molecular weight excluding hydrogens is 385 g/mol. The van der Waals surface area contributed by atoms with E-state index in [-0.39, 0.29) is 11.6 Å². The van der Waals surface area contributed by atoms with Crippen molar-refractivity contribution >= 4 is 12.1 Å². The van der Waals surface area contributed by atoms with E-state index < -0.39 is 41.1 Å². The van der Waals surface area contributed by atoms with Gasteiger partial charge in [-0.1, -0.05) is 12.1 Å². The number of hydrogen-bond donors (Lipinski definition) is 1. The molecule has 0 heterocycles. The predicted molar refractivity (Wildman–Crippen MR) is 79.6 cm³/mol. The summed E-state index contributed by atoms with van der Waals surface area (Å²) in [5.41, 5.74) is -0.241. The zero-order chi connectivity index (χ0) is 20.2. The second kappa shape index (κ2) is 7.64. The molecule has 0 aliphatic rings. The van der Waals surface area contributed by atoms with Crippen molar-refractivity contribution in [3.63, 3.8) is 0 Å². The molecule has 0 saturated carbocycles. The zero-order valence-electron chi connectivity index (χ0n) is 13.0. The maximum absolute atomic E-state index is 13.6. The van der Waals surface area contributed by atoms with Crippen LogP contribution < -0.4 is 10.2 Å². The minimum Gasteiger partial charge on any atom is -0.405 e. The van der Waals surface area contributed by atoms with Gasteiger partial charge in [-0.3, -0.25) is 4.79 Å². The summed E-state index contributed by atoms with van der Waals surface area (Å²) < 4.78 is 91.6. The third kappa shape index (κ3) is 5.69. The highest BCUT2D eigenvalue weighted by Crippen LogP contribution is 2.30. The van der Waals surface area contributed by atoms with E-state index >= 15 is 0 Å². The van der Waals surface area contributed by atoms with Crippen LogP contribution in [0.3, 0.4) is 0 Å². The summed E-state index contributed by atoms with van der Waals surface area (Å²) in [4.78, 5) is 11.9. The number of ether oxygens (including phenoxy) is 1. The summed E-state index contributed by atoms with van der Waals surface area (Å²) in [5.74, 6) is -3.12. The SMILES string of the molecule is O=C(N/N=C/c1ccc(C(F)(F)F)cc1F)c1ccccc1OC(F)(F)F. The summed E-state index contributed by atoms with van der Waals surface area (Å²) in [6.45, 7) is 0. The second-order valence-electron chi connectivity index (χ2n) is 4.98. The number of nitrogens with zero attached hydrogens (tertiary/aromatic N) is 1. The topological polar surface area (TPSA) is 50.7 Å². The Morgan fingerprint density at radius 2 is 1.70 bits per heavy atom. The van der Waals surface area contributed by atoms with Crippen molar-refractivity contribution < 1.29 is 40.3 Å². The lowest BCUT2D eigenvalue weighted by molar-refractivity contribution is -0.274. The molecule has 2 rings (SSSR count). The van der Waals surface area contributed by atoms with Crippen LogP contribution >= 0.6 is 0 Å². The minimum absolute atomic E-state index is 0.246. The highest BCUT2D eigenvalue weighted by molar-refractivity contribution is 5.97. The van der Waals surface area contributed by atoms with Gasteiger partial charge in [0.05, 0.1) is 17.3 Å². The average Bonchev–Trinajstić information content (AvgIpc) is 2.54. The van der Waals surface area contributed by atoms with Crippen molar-refractivity contribution in [1.29, 1.82) is 0 Å². The van der Waals surface area contributed by atoms with Crippen LogP contribution in [0.25, 0.3) is 0 Å². The van der Waals surface area contributed by atoms with Crippen molar-refractivity contribution in [2.75, 3.05) is 0 Å². The van der Waals surface area contributed by atoms with Crippen LogP contribution in [0.1, 0.15) is 21.5 Å². The maximum atomic E-state index is 13.6. The molecule has 0 bridgehead atoms. The van der Waals surface area contributed by atoms with Gasteiger partial charge in [0, 0.05) is 5.56 Å². The number of nitrogens with one attached hydrogen (secondary N) is 1. The Labute approximate surface area is 147 Å². The molecule has 11 heteroatoms. The molecule has 0 aliphatic heterocycles. The number of alkyl halides is 6. The van der Waals surface area contributed by atoms with Crippen LogP contribution in [0.5, 0.6) is 5.75 Å². The second-order valence-corrected chi connectivity index (χ2v) is 4.98. The Bertz CT molecular complexity index is 861. The van der Waals surface area contributed by atoms with Gasteiger partial charge >= 0.3 is 12.5 Å². The number of carbonyl (C=O) groups is 1. The lowest BCUT2D eigenvalue weighted by Gasteiger charge is -2.11. The summed E-state index contributed by atoms with van der Waals surface area (Å²) in [6.07, 6.45) is -9.05. The maximum Gasteiger partial charge on any atom is 0.573 e. The lowest BCUT2D eigenvalue weighted by Crippen LogP contribution is -2.22. The van der Waals surface area contributed by atoms with Crippen molar-refractivity contribution in [2.24, 2.45) is 5.10 Å². The first-order chi connectivity index (χ1) is 12.5. The molecule has 0 aromatic heterocycles. The molecule has 144 valence electrons. The van der Waals surface area contributed by atoms with Gasteiger partial charge in [0.2, 0.25) is 0 Å². The van der Waals surface area contributed by atoms with E-state index in [0.29, 0.717) is 12.3 Å². The van der Waals surface area contributed by atoms with Gasteiger partial charge in [-0.05, 0) is 30.3 Å². The molecule has 27 heavy (non-hydrogen) atoms. The normalized spacial score (nSPS) is 12.3. The van der Waals surface area contributed by atoms with Crippen molar-refractivity contribution in [1.82, 2.24) is 5.43 Å². The minimum atomic E-state index is -5.02. The fourth-order valence-electron chi connectivity index (χ4n) is 1.90. The molecule has 2 aromatic carbocycles. The number of rotatable bonds is 4. The van der Waals surface area contributed by atoms with Gasteiger partial charge < -0.3 is 4.74 Å². The van der Waals surface area contributed by atoms with E-state index in [1.54, 1.807) is 0 Å². The molecule has 2 aromatic rings. The number of hydrazone groups is 1. The Hall–Kier alpha value is -3.11. The zero-order valence-corrected chi connectivity index (χ0v) is 13.0. The quantitative estimate of drug-likeness (QED) is 0.472. The largest absolute Gasteiger partial charge is 0.573 e. The van der Waals surface area contributed by atoms with Crippen LogP contribution in [-0.4, -0.2) is 18.5 Å². The number of benzene rings is 2. The molecule has 0 unspecified atom stereocenters. The number of carbonyl (C=O) groups excluding carboxylic acids is 1. The van der Waals surface area contributed by atoms with Gasteiger partial charge in [-0.25, -0.2) is 9.82 Å². The van der Waals surface area contributed by atoms with E-state index in [1.165, 1.54) is 12.1 Å². The molecule has 0 fully saturated rings. The van der Waals surface area contributed by atoms with Crippen LogP contribution in [-0.2, 0) is 6.18 Å². The Morgan fingerprint density at radius 3 is 2.30 bits per heavy atom. The molecule has 0 saturated heterocycles. The molecule has 0 spiro atoms. The predicted octanol–water partition coefficient (Wildman–Crippen LogP) is 4.51. The lowest BCUT2D eigenvalue weighted by atomic mass is 10.1. The monoisotopic (exact) mass is 394 g/mol. The van der Waals surface area contributed by atoms with Crippen molar-refractivity contribution in [3.05, 3.63) is 65.0 Å². The van der Waals surface area contributed by atoms with Crippen molar-refractivity contribution in [2.45, 2.75) is 12.5 Å². The van der Waals surface area contributed by atoms with E-state index in [9.17, 15) is 35.5 Å². The number of amides is 1. The van der Waals surface area contributed by atoms with Gasteiger partial charge in [0.25, 0.3) is 5.91 Å². The van der Waals surface area contributed by atoms with Crippen LogP contribution in [0.4, 0.5) is 30.7 Å². The first-order valence-electron chi connectivity index (χ1n) is 7.02. The fourth-order valence-corrected chi connectivity index (χ4v) is 1.90. The molecule has 1 amide bonds. The number of halogens is 7. The highest BCUT2D eigenvalue weighted by Gasteiger charge is 2.33. The van der Waals surface area contributed by atoms with E-state index in [4.69, 9.17) is 0 Å². The summed E-state index contributed by atoms with van der Waals surface area (Å²) >= 11 is 0. The Kier molecular flexibility index (Phi) is 5.72. The van der Waals surface area contributed by atoms with E-state index in [0.717, 1.165) is 18.2 Å². The smallest absolute Gasteiger partial charge is 0.405 e. The summed E-state index contributed by atoms with van der Waals surface area (Å²) in [5, 5.41) is 3.33. The van der Waals surface area contributed by atoms with Crippen LogP contribution in [0.2, 0.25) is 0 Å². The number of para-hydroxylation sites is 1. The van der Waals surface area contributed by atoms with Gasteiger partial charge in [-0.2, -0.15) is 18.3 Å². The molecule has 4 nitrogen and oxygen atoms in total. The first-order valence-corrected chi connectivity index (χ1v) is 7.02. The molecular formula is C16H9F7N2O2. The van der Waals surface area contributed by atoms with Gasteiger partial charge in [0.1, 0.15) is 11.6 Å². The summed E-state index contributed by atoms with van der Waals surface area (Å²) in [6, 6.07) is 6.06. The number of hydrogen-bond acceptors (Lipinski definition) is 3. The third-order valence-corrected chi connectivity index (χ3v) is 3.05. The van der Waals surface area contributed by atoms with Gasteiger partial charge in [0.15, 0.2) is 0 Å². The van der Waals surface area contributed by atoms with Crippen molar-refractivity contribution in [3.8, 4) is 5.75 Å².